The lowest BCUT2D eigenvalue weighted by atomic mass is 10.1. The Morgan fingerprint density at radius 1 is 1.42 bits per heavy atom. The molecule has 1 aliphatic carbocycles. The lowest BCUT2D eigenvalue weighted by Gasteiger charge is -2.15. The fraction of sp³-hybridized carbons (Fsp3) is 0.900. The Morgan fingerprint density at radius 3 is 2.42 bits per heavy atom. The van der Waals surface area contributed by atoms with E-state index in [-0.39, 0.29) is 5.91 Å². The highest BCUT2D eigenvalue weighted by Crippen LogP contribution is 2.29. The van der Waals surface area contributed by atoms with Gasteiger partial charge in [-0.3, -0.25) is 4.79 Å². The predicted octanol–water partition coefficient (Wildman–Crippen LogP) is 1.95. The van der Waals surface area contributed by atoms with E-state index in [0.717, 1.165) is 19.3 Å². The van der Waals surface area contributed by atoms with Gasteiger partial charge in [0.15, 0.2) is 0 Å². The molecule has 70 valence electrons. The monoisotopic (exact) mass is 169 g/mol. The zero-order valence-electron chi connectivity index (χ0n) is 8.26. The van der Waals surface area contributed by atoms with E-state index in [0.29, 0.717) is 17.9 Å². The number of rotatable bonds is 4. The Hall–Kier alpha value is -0.530. The summed E-state index contributed by atoms with van der Waals surface area (Å²) in [6.07, 6.45) is 3.28. The maximum Gasteiger partial charge on any atom is 0.223 e. The largest absolute Gasteiger partial charge is 0.353 e. The van der Waals surface area contributed by atoms with Crippen LogP contribution in [0.3, 0.4) is 0 Å². The summed E-state index contributed by atoms with van der Waals surface area (Å²) in [4.78, 5) is 11.3. The van der Waals surface area contributed by atoms with Crippen LogP contribution in [0.25, 0.3) is 0 Å². The molecule has 0 aromatic rings. The van der Waals surface area contributed by atoms with Gasteiger partial charge in [-0.1, -0.05) is 13.8 Å². The second-order valence-corrected chi connectivity index (χ2v) is 4.31. The SMILES string of the molecule is CC(C)CC(C)NC(=O)C1CC1. The van der Waals surface area contributed by atoms with Crippen LogP contribution in [-0.2, 0) is 4.79 Å². The molecule has 0 heterocycles. The molecule has 1 unspecified atom stereocenters. The van der Waals surface area contributed by atoms with E-state index in [1.807, 2.05) is 0 Å². The van der Waals surface area contributed by atoms with Crippen molar-refractivity contribution in [1.82, 2.24) is 5.32 Å². The molecule has 1 fully saturated rings. The zero-order valence-corrected chi connectivity index (χ0v) is 8.26. The molecule has 2 nitrogen and oxygen atoms in total. The van der Waals surface area contributed by atoms with Gasteiger partial charge in [0.25, 0.3) is 0 Å². The highest BCUT2D eigenvalue weighted by molar-refractivity contribution is 5.81. The van der Waals surface area contributed by atoms with Gasteiger partial charge in [-0.2, -0.15) is 0 Å². The standard InChI is InChI=1S/C10H19NO/c1-7(2)6-8(3)11-10(12)9-4-5-9/h7-9H,4-6H2,1-3H3,(H,11,12). The molecular formula is C10H19NO. The van der Waals surface area contributed by atoms with Crippen molar-refractivity contribution in [3.63, 3.8) is 0 Å². The van der Waals surface area contributed by atoms with E-state index in [9.17, 15) is 4.79 Å². The van der Waals surface area contributed by atoms with Crippen LogP contribution in [0, 0.1) is 11.8 Å². The van der Waals surface area contributed by atoms with Gasteiger partial charge in [0.2, 0.25) is 5.91 Å². The van der Waals surface area contributed by atoms with E-state index in [1.165, 1.54) is 0 Å². The molecule has 0 bridgehead atoms. The molecule has 0 aliphatic heterocycles. The first-order valence-electron chi connectivity index (χ1n) is 4.90. The van der Waals surface area contributed by atoms with Gasteiger partial charge in [-0.05, 0) is 32.1 Å². The molecule has 0 radical (unpaired) electrons. The molecular weight excluding hydrogens is 150 g/mol. The summed E-state index contributed by atoms with van der Waals surface area (Å²) >= 11 is 0. The molecule has 2 heteroatoms. The van der Waals surface area contributed by atoms with Crippen molar-refractivity contribution in [2.75, 3.05) is 0 Å². The summed E-state index contributed by atoms with van der Waals surface area (Å²) in [6, 6.07) is 0.345. The Kier molecular flexibility index (Phi) is 3.12. The Balaban J connectivity index is 2.15. The van der Waals surface area contributed by atoms with Gasteiger partial charge in [-0.25, -0.2) is 0 Å². The topological polar surface area (TPSA) is 29.1 Å². The van der Waals surface area contributed by atoms with Crippen LogP contribution < -0.4 is 5.32 Å². The molecule has 0 spiro atoms. The molecule has 12 heavy (non-hydrogen) atoms. The number of carbonyl (C=O) groups excluding carboxylic acids is 1. The fourth-order valence-electron chi connectivity index (χ4n) is 1.47. The van der Waals surface area contributed by atoms with Crippen molar-refractivity contribution in [2.45, 2.75) is 46.1 Å². The Bertz CT molecular complexity index is 161. The summed E-state index contributed by atoms with van der Waals surface area (Å²) in [5, 5.41) is 3.03. The molecule has 1 rings (SSSR count). The number of nitrogens with one attached hydrogen (secondary N) is 1. The minimum atomic E-state index is 0.267. The molecule has 0 aromatic carbocycles. The molecule has 0 aromatic heterocycles. The molecule has 1 aliphatic rings. The number of hydrogen-bond donors (Lipinski definition) is 1. The number of hydrogen-bond acceptors (Lipinski definition) is 1. The van der Waals surface area contributed by atoms with E-state index < -0.39 is 0 Å². The summed E-state index contributed by atoms with van der Waals surface area (Å²) < 4.78 is 0. The quantitative estimate of drug-likeness (QED) is 0.684. The first kappa shape index (κ1) is 9.56. The maximum atomic E-state index is 11.3. The zero-order chi connectivity index (χ0) is 9.14. The van der Waals surface area contributed by atoms with Crippen molar-refractivity contribution >= 4 is 5.91 Å². The van der Waals surface area contributed by atoms with Crippen LogP contribution in [0.4, 0.5) is 0 Å². The summed E-state index contributed by atoms with van der Waals surface area (Å²) in [5.74, 6) is 1.28. The highest BCUT2D eigenvalue weighted by Gasteiger charge is 2.30. The van der Waals surface area contributed by atoms with Gasteiger partial charge < -0.3 is 5.32 Å². The Labute approximate surface area is 74.7 Å². The highest BCUT2D eigenvalue weighted by atomic mass is 16.2. The number of amides is 1. The minimum Gasteiger partial charge on any atom is -0.353 e. The van der Waals surface area contributed by atoms with E-state index in [4.69, 9.17) is 0 Å². The average Bonchev–Trinajstić information content (AvgIpc) is 2.63. The third kappa shape index (κ3) is 3.24. The van der Waals surface area contributed by atoms with Crippen LogP contribution in [0.15, 0.2) is 0 Å². The van der Waals surface area contributed by atoms with Crippen LogP contribution >= 0.6 is 0 Å². The van der Waals surface area contributed by atoms with Crippen molar-refractivity contribution in [3.8, 4) is 0 Å². The van der Waals surface area contributed by atoms with Crippen molar-refractivity contribution in [1.29, 1.82) is 0 Å². The van der Waals surface area contributed by atoms with Gasteiger partial charge >= 0.3 is 0 Å². The summed E-state index contributed by atoms with van der Waals surface area (Å²) in [7, 11) is 0. The minimum absolute atomic E-state index is 0.267. The normalized spacial score (nSPS) is 19.3. The summed E-state index contributed by atoms with van der Waals surface area (Å²) in [5.41, 5.74) is 0. The third-order valence-electron chi connectivity index (χ3n) is 2.16. The first-order valence-corrected chi connectivity index (χ1v) is 4.90. The van der Waals surface area contributed by atoms with Crippen LogP contribution in [0.2, 0.25) is 0 Å². The lowest BCUT2D eigenvalue weighted by Crippen LogP contribution is -2.34. The Morgan fingerprint density at radius 2 is 2.00 bits per heavy atom. The predicted molar refractivity (Wildman–Crippen MR) is 49.8 cm³/mol. The molecule has 1 saturated carbocycles. The van der Waals surface area contributed by atoms with Gasteiger partial charge in [0.1, 0.15) is 0 Å². The number of carbonyl (C=O) groups is 1. The first-order chi connectivity index (χ1) is 5.59. The maximum absolute atomic E-state index is 11.3. The van der Waals surface area contributed by atoms with E-state index in [1.54, 1.807) is 0 Å². The van der Waals surface area contributed by atoms with Crippen molar-refractivity contribution in [2.24, 2.45) is 11.8 Å². The molecule has 1 atom stereocenters. The molecule has 1 amide bonds. The van der Waals surface area contributed by atoms with Crippen molar-refractivity contribution < 1.29 is 4.79 Å². The van der Waals surface area contributed by atoms with Gasteiger partial charge in [0.05, 0.1) is 0 Å². The van der Waals surface area contributed by atoms with Crippen LogP contribution in [-0.4, -0.2) is 11.9 Å². The van der Waals surface area contributed by atoms with Crippen LogP contribution in [0.5, 0.6) is 0 Å². The molecule has 1 N–H and O–H groups in total. The second-order valence-electron chi connectivity index (χ2n) is 4.31. The summed E-state index contributed by atoms with van der Waals surface area (Å²) in [6.45, 7) is 6.44. The average molecular weight is 169 g/mol. The lowest BCUT2D eigenvalue weighted by molar-refractivity contribution is -0.122. The van der Waals surface area contributed by atoms with E-state index in [2.05, 4.69) is 26.1 Å². The smallest absolute Gasteiger partial charge is 0.223 e. The van der Waals surface area contributed by atoms with Gasteiger partial charge in [0, 0.05) is 12.0 Å². The second kappa shape index (κ2) is 3.92. The van der Waals surface area contributed by atoms with Gasteiger partial charge in [-0.15, -0.1) is 0 Å². The fourth-order valence-corrected chi connectivity index (χ4v) is 1.47. The molecule has 0 saturated heterocycles. The van der Waals surface area contributed by atoms with Crippen molar-refractivity contribution in [3.05, 3.63) is 0 Å². The third-order valence-corrected chi connectivity index (χ3v) is 2.16. The van der Waals surface area contributed by atoms with Crippen LogP contribution in [0.1, 0.15) is 40.0 Å². The van der Waals surface area contributed by atoms with E-state index >= 15 is 0 Å².